The van der Waals surface area contributed by atoms with Gasteiger partial charge in [-0.3, -0.25) is 9.88 Å². The third-order valence-corrected chi connectivity index (χ3v) is 5.20. The van der Waals surface area contributed by atoms with Gasteiger partial charge >= 0.3 is 0 Å². The average Bonchev–Trinajstić information content (AvgIpc) is 3.34. The average molecular weight is 319 g/mol. The molecular weight excluding hydrogens is 294 g/mol. The topological polar surface area (TPSA) is 21.1 Å². The molecule has 124 valence electrons. The van der Waals surface area contributed by atoms with E-state index in [-0.39, 0.29) is 0 Å². The van der Waals surface area contributed by atoms with Crippen molar-refractivity contribution in [2.45, 2.75) is 38.9 Å². The summed E-state index contributed by atoms with van der Waals surface area (Å²) in [5.74, 6) is 0.754. The molecule has 24 heavy (non-hydrogen) atoms. The van der Waals surface area contributed by atoms with E-state index in [0.717, 1.165) is 19.0 Å². The van der Waals surface area contributed by atoms with E-state index in [9.17, 15) is 0 Å². The molecule has 0 saturated heterocycles. The number of nitrogens with zero attached hydrogens (tertiary/aromatic N) is 3. The van der Waals surface area contributed by atoms with Gasteiger partial charge in [0.15, 0.2) is 0 Å². The van der Waals surface area contributed by atoms with Crippen molar-refractivity contribution < 1.29 is 0 Å². The van der Waals surface area contributed by atoms with Crippen LogP contribution in [-0.4, -0.2) is 21.5 Å². The first-order valence-corrected chi connectivity index (χ1v) is 8.96. The summed E-state index contributed by atoms with van der Waals surface area (Å²) in [6.07, 6.45) is 6.76. The summed E-state index contributed by atoms with van der Waals surface area (Å²) < 4.78 is 2.32. The summed E-state index contributed by atoms with van der Waals surface area (Å²) in [7, 11) is 2.24. The SMILES string of the molecule is CCn1ccc2c(CN(C)[C@H](c3ccccn3)C3CC3)cccc21. The van der Waals surface area contributed by atoms with Gasteiger partial charge < -0.3 is 4.57 Å². The molecule has 1 aliphatic carbocycles. The maximum atomic E-state index is 4.64. The Labute approximate surface area is 143 Å². The fourth-order valence-corrected chi connectivity index (χ4v) is 3.86. The predicted molar refractivity (Wildman–Crippen MR) is 98.8 cm³/mol. The Hall–Kier alpha value is -2.13. The van der Waals surface area contributed by atoms with E-state index >= 15 is 0 Å². The van der Waals surface area contributed by atoms with Crippen LogP contribution in [0.5, 0.6) is 0 Å². The zero-order valence-electron chi connectivity index (χ0n) is 14.5. The van der Waals surface area contributed by atoms with Crippen LogP contribution in [0.4, 0.5) is 0 Å². The summed E-state index contributed by atoms with van der Waals surface area (Å²) in [6, 6.07) is 15.6. The largest absolute Gasteiger partial charge is 0.348 e. The molecule has 0 radical (unpaired) electrons. The minimum Gasteiger partial charge on any atom is -0.348 e. The Kier molecular flexibility index (Phi) is 4.11. The number of hydrogen-bond acceptors (Lipinski definition) is 2. The first-order valence-electron chi connectivity index (χ1n) is 8.96. The monoisotopic (exact) mass is 319 g/mol. The molecule has 0 aliphatic heterocycles. The van der Waals surface area contributed by atoms with Gasteiger partial charge in [0.05, 0.1) is 11.7 Å². The van der Waals surface area contributed by atoms with Gasteiger partial charge in [0.1, 0.15) is 0 Å². The van der Waals surface area contributed by atoms with E-state index < -0.39 is 0 Å². The molecule has 1 aliphatic rings. The van der Waals surface area contributed by atoms with Crippen LogP contribution in [0.2, 0.25) is 0 Å². The number of rotatable bonds is 6. The van der Waals surface area contributed by atoms with Crippen molar-refractivity contribution in [2.24, 2.45) is 5.92 Å². The highest BCUT2D eigenvalue weighted by Gasteiger charge is 2.35. The van der Waals surface area contributed by atoms with E-state index in [1.807, 2.05) is 12.3 Å². The molecule has 2 aromatic heterocycles. The molecule has 3 aromatic rings. The Bertz CT molecular complexity index is 817. The van der Waals surface area contributed by atoms with Crippen LogP contribution in [0.3, 0.4) is 0 Å². The van der Waals surface area contributed by atoms with Crippen LogP contribution < -0.4 is 0 Å². The Balaban J connectivity index is 1.63. The van der Waals surface area contributed by atoms with Gasteiger partial charge in [-0.05, 0) is 62.6 Å². The van der Waals surface area contributed by atoms with Crippen molar-refractivity contribution in [1.29, 1.82) is 0 Å². The fraction of sp³-hybridized carbons (Fsp3) is 0.381. The van der Waals surface area contributed by atoms with Crippen LogP contribution in [-0.2, 0) is 13.1 Å². The third kappa shape index (κ3) is 2.84. The van der Waals surface area contributed by atoms with E-state index in [2.05, 4.69) is 71.0 Å². The quantitative estimate of drug-likeness (QED) is 0.660. The van der Waals surface area contributed by atoms with Crippen molar-refractivity contribution in [1.82, 2.24) is 14.5 Å². The predicted octanol–water partition coefficient (Wildman–Crippen LogP) is 4.64. The lowest BCUT2D eigenvalue weighted by atomic mass is 10.0. The number of aromatic nitrogens is 2. The lowest BCUT2D eigenvalue weighted by Gasteiger charge is -2.28. The molecule has 1 aromatic carbocycles. The van der Waals surface area contributed by atoms with Crippen LogP contribution in [0.1, 0.15) is 37.1 Å². The minimum absolute atomic E-state index is 0.426. The van der Waals surface area contributed by atoms with Gasteiger partial charge in [0.2, 0.25) is 0 Å². The smallest absolute Gasteiger partial charge is 0.0578 e. The lowest BCUT2D eigenvalue weighted by molar-refractivity contribution is 0.209. The van der Waals surface area contributed by atoms with Gasteiger partial charge in [-0.25, -0.2) is 0 Å². The van der Waals surface area contributed by atoms with Crippen LogP contribution >= 0.6 is 0 Å². The van der Waals surface area contributed by atoms with Gasteiger partial charge in [0.25, 0.3) is 0 Å². The zero-order valence-corrected chi connectivity index (χ0v) is 14.5. The number of pyridine rings is 1. The van der Waals surface area contributed by atoms with Crippen molar-refractivity contribution in [3.8, 4) is 0 Å². The van der Waals surface area contributed by atoms with Crippen molar-refractivity contribution >= 4 is 10.9 Å². The van der Waals surface area contributed by atoms with Gasteiger partial charge in [0, 0.05) is 36.4 Å². The molecule has 1 fully saturated rings. The maximum absolute atomic E-state index is 4.64. The molecule has 3 nitrogen and oxygen atoms in total. The van der Waals surface area contributed by atoms with E-state index in [4.69, 9.17) is 0 Å². The zero-order chi connectivity index (χ0) is 16.5. The Morgan fingerprint density at radius 2 is 2.04 bits per heavy atom. The summed E-state index contributed by atoms with van der Waals surface area (Å²) in [4.78, 5) is 7.12. The van der Waals surface area contributed by atoms with E-state index in [0.29, 0.717) is 6.04 Å². The maximum Gasteiger partial charge on any atom is 0.0578 e. The van der Waals surface area contributed by atoms with Crippen molar-refractivity contribution in [2.75, 3.05) is 7.05 Å². The number of fused-ring (bicyclic) bond motifs is 1. The highest BCUT2D eigenvalue weighted by molar-refractivity contribution is 5.83. The molecule has 3 heteroatoms. The van der Waals surface area contributed by atoms with Crippen LogP contribution in [0, 0.1) is 5.92 Å². The van der Waals surface area contributed by atoms with Crippen molar-refractivity contribution in [3.63, 3.8) is 0 Å². The molecule has 0 bridgehead atoms. The molecular formula is C21H25N3. The van der Waals surface area contributed by atoms with Crippen LogP contribution in [0.25, 0.3) is 10.9 Å². The second kappa shape index (κ2) is 6.40. The molecule has 0 unspecified atom stereocenters. The highest BCUT2D eigenvalue weighted by atomic mass is 15.1. The van der Waals surface area contributed by atoms with Crippen LogP contribution in [0.15, 0.2) is 54.9 Å². The standard InChI is InChI=1S/C21H25N3/c1-3-24-14-12-18-17(7-6-9-20(18)24)15-23(2)21(16-10-11-16)19-8-4-5-13-22-19/h4-9,12-14,16,21H,3,10-11,15H2,1-2H3/t21-/m0/s1. The second-order valence-corrected chi connectivity index (χ2v) is 6.90. The number of hydrogen-bond donors (Lipinski definition) is 0. The van der Waals surface area contributed by atoms with E-state index in [1.165, 1.54) is 35.0 Å². The van der Waals surface area contributed by atoms with Gasteiger partial charge in [-0.15, -0.1) is 0 Å². The molecule has 1 atom stereocenters. The summed E-state index contributed by atoms with van der Waals surface area (Å²) in [6.45, 7) is 4.17. The molecule has 0 amide bonds. The van der Waals surface area contributed by atoms with Crippen molar-refractivity contribution in [3.05, 3.63) is 66.1 Å². The summed E-state index contributed by atoms with van der Waals surface area (Å²) in [5.41, 5.74) is 3.95. The third-order valence-electron chi connectivity index (χ3n) is 5.20. The fourth-order valence-electron chi connectivity index (χ4n) is 3.86. The molecule has 4 rings (SSSR count). The molecule has 2 heterocycles. The summed E-state index contributed by atoms with van der Waals surface area (Å²) >= 11 is 0. The summed E-state index contributed by atoms with van der Waals surface area (Å²) in [5, 5.41) is 1.38. The first kappa shape index (κ1) is 15.4. The highest BCUT2D eigenvalue weighted by Crippen LogP contribution is 2.44. The minimum atomic E-state index is 0.426. The first-order chi connectivity index (χ1) is 11.8. The number of benzene rings is 1. The van der Waals surface area contributed by atoms with E-state index in [1.54, 1.807) is 0 Å². The molecule has 0 spiro atoms. The normalized spacial score (nSPS) is 16.0. The number of aryl methyl sites for hydroxylation is 1. The lowest BCUT2D eigenvalue weighted by Crippen LogP contribution is -2.26. The van der Waals surface area contributed by atoms with Gasteiger partial charge in [-0.1, -0.05) is 18.2 Å². The molecule has 1 saturated carbocycles. The Morgan fingerprint density at radius 3 is 2.75 bits per heavy atom. The Morgan fingerprint density at radius 1 is 1.17 bits per heavy atom. The van der Waals surface area contributed by atoms with Gasteiger partial charge in [-0.2, -0.15) is 0 Å². The molecule has 0 N–H and O–H groups in total. The second-order valence-electron chi connectivity index (χ2n) is 6.90.